The average molecular weight is 146 g/mol. The zero-order valence-electron chi connectivity index (χ0n) is 6.13. The van der Waals surface area contributed by atoms with Crippen LogP contribution in [0.25, 0.3) is 0 Å². The summed E-state index contributed by atoms with van der Waals surface area (Å²) in [5.74, 6) is 0. The van der Waals surface area contributed by atoms with Gasteiger partial charge in [0, 0.05) is 31.8 Å². The molecule has 3 heteroatoms. The van der Waals surface area contributed by atoms with Crippen molar-refractivity contribution in [2.24, 2.45) is 0 Å². The van der Waals surface area contributed by atoms with Crippen molar-refractivity contribution in [1.82, 2.24) is 8.61 Å². The van der Waals surface area contributed by atoms with E-state index in [1.807, 2.05) is 12.1 Å². The van der Waals surface area contributed by atoms with E-state index in [1.54, 1.807) is 0 Å². The topological polar surface area (TPSA) is 6.48 Å². The summed E-state index contributed by atoms with van der Waals surface area (Å²) in [6.07, 6.45) is 1.32. The maximum Gasteiger partial charge on any atom is 0.0114 e. The Morgan fingerprint density at radius 3 is 2.67 bits per heavy atom. The molecular formula is C6H14N2S. The van der Waals surface area contributed by atoms with Gasteiger partial charge in [0.15, 0.2) is 0 Å². The van der Waals surface area contributed by atoms with Crippen LogP contribution in [-0.4, -0.2) is 35.3 Å². The first-order valence-electron chi connectivity index (χ1n) is 3.47. The molecule has 1 heterocycles. The van der Waals surface area contributed by atoms with Gasteiger partial charge < -0.3 is 0 Å². The summed E-state index contributed by atoms with van der Waals surface area (Å²) >= 11 is 1.85. The van der Waals surface area contributed by atoms with E-state index in [2.05, 4.69) is 22.6 Å². The molecule has 0 N–H and O–H groups in total. The zero-order chi connectivity index (χ0) is 6.69. The number of rotatable bonds is 1. The third-order valence-electron chi connectivity index (χ3n) is 1.49. The van der Waals surface area contributed by atoms with Crippen LogP contribution in [0.2, 0.25) is 0 Å². The molecule has 0 unspecified atom stereocenters. The number of hydrogen-bond donors (Lipinski definition) is 0. The Morgan fingerprint density at radius 2 is 2.22 bits per heavy atom. The zero-order valence-corrected chi connectivity index (χ0v) is 6.95. The normalized spacial score (nSPS) is 24.7. The highest BCUT2D eigenvalue weighted by Crippen LogP contribution is 2.18. The van der Waals surface area contributed by atoms with Gasteiger partial charge in [0.2, 0.25) is 0 Å². The van der Waals surface area contributed by atoms with Gasteiger partial charge in [-0.25, -0.2) is 8.61 Å². The fourth-order valence-corrected chi connectivity index (χ4v) is 1.90. The maximum atomic E-state index is 2.38. The molecule has 0 aromatic carbocycles. The van der Waals surface area contributed by atoms with Crippen LogP contribution in [0.1, 0.15) is 13.3 Å². The third kappa shape index (κ3) is 2.16. The van der Waals surface area contributed by atoms with Crippen molar-refractivity contribution in [2.75, 3.05) is 26.7 Å². The average Bonchev–Trinajstić information content (AvgIpc) is 1.88. The molecule has 0 aromatic rings. The van der Waals surface area contributed by atoms with E-state index in [1.165, 1.54) is 19.5 Å². The van der Waals surface area contributed by atoms with Crippen molar-refractivity contribution in [3.05, 3.63) is 0 Å². The van der Waals surface area contributed by atoms with Gasteiger partial charge in [-0.15, -0.1) is 0 Å². The quantitative estimate of drug-likeness (QED) is 0.513. The Hall–Kier alpha value is 0.270. The molecule has 0 amide bonds. The highest BCUT2D eigenvalue weighted by atomic mass is 32.2. The summed E-state index contributed by atoms with van der Waals surface area (Å²) in [6.45, 7) is 5.86. The van der Waals surface area contributed by atoms with E-state index in [4.69, 9.17) is 0 Å². The molecule has 0 radical (unpaired) electrons. The van der Waals surface area contributed by atoms with Crippen LogP contribution in [-0.2, 0) is 0 Å². The van der Waals surface area contributed by atoms with Crippen LogP contribution in [0.15, 0.2) is 0 Å². The van der Waals surface area contributed by atoms with Gasteiger partial charge in [0.25, 0.3) is 0 Å². The lowest BCUT2D eigenvalue weighted by Crippen LogP contribution is -2.31. The van der Waals surface area contributed by atoms with E-state index in [0.29, 0.717) is 0 Å². The van der Waals surface area contributed by atoms with Crippen LogP contribution < -0.4 is 0 Å². The molecule has 1 saturated heterocycles. The van der Waals surface area contributed by atoms with E-state index in [-0.39, 0.29) is 0 Å². The van der Waals surface area contributed by atoms with E-state index < -0.39 is 0 Å². The fraction of sp³-hybridized carbons (Fsp3) is 1.00. The molecule has 0 aliphatic carbocycles. The molecule has 1 rings (SSSR count). The van der Waals surface area contributed by atoms with E-state index >= 15 is 0 Å². The molecule has 0 atom stereocenters. The second-order valence-electron chi connectivity index (χ2n) is 2.31. The lowest BCUT2D eigenvalue weighted by atomic mass is 10.4. The summed E-state index contributed by atoms with van der Waals surface area (Å²) < 4.78 is 4.66. The summed E-state index contributed by atoms with van der Waals surface area (Å²) in [5, 5.41) is 0. The molecule has 0 aromatic heterocycles. The second kappa shape index (κ2) is 3.44. The highest BCUT2D eigenvalue weighted by molar-refractivity contribution is 7.94. The van der Waals surface area contributed by atoms with Gasteiger partial charge >= 0.3 is 0 Å². The summed E-state index contributed by atoms with van der Waals surface area (Å²) in [6, 6.07) is 0. The maximum absolute atomic E-state index is 2.38. The first-order valence-corrected chi connectivity index (χ1v) is 4.20. The minimum absolute atomic E-state index is 1.16. The van der Waals surface area contributed by atoms with Crippen LogP contribution in [0, 0.1) is 0 Å². The van der Waals surface area contributed by atoms with E-state index in [0.717, 1.165) is 6.54 Å². The number of nitrogens with zero attached hydrogens (tertiary/aromatic N) is 2. The van der Waals surface area contributed by atoms with Gasteiger partial charge in [0.1, 0.15) is 0 Å². The second-order valence-corrected chi connectivity index (χ2v) is 3.61. The van der Waals surface area contributed by atoms with Gasteiger partial charge in [-0.05, 0) is 13.5 Å². The van der Waals surface area contributed by atoms with Crippen molar-refractivity contribution in [2.45, 2.75) is 13.3 Å². The standard InChI is InChI=1S/C6H14N2S/c1-3-8-6-4-5-7(2)9-8/h3-6H2,1-2H3. The largest absolute Gasteiger partial charge is 0.240 e. The predicted molar refractivity (Wildman–Crippen MR) is 42.1 cm³/mol. The molecule has 1 fully saturated rings. The van der Waals surface area contributed by atoms with Crippen molar-refractivity contribution in [3.63, 3.8) is 0 Å². The molecule has 54 valence electrons. The highest BCUT2D eigenvalue weighted by Gasteiger charge is 2.12. The Balaban J connectivity index is 2.23. The molecule has 2 nitrogen and oxygen atoms in total. The Kier molecular flexibility index (Phi) is 2.82. The van der Waals surface area contributed by atoms with Crippen LogP contribution in [0.5, 0.6) is 0 Å². The monoisotopic (exact) mass is 146 g/mol. The Labute approximate surface area is 61.5 Å². The first kappa shape index (κ1) is 7.38. The fourth-order valence-electron chi connectivity index (χ4n) is 0.964. The minimum atomic E-state index is 1.16. The molecule has 0 saturated carbocycles. The first-order chi connectivity index (χ1) is 4.33. The SMILES string of the molecule is CCN1CCCN(C)S1. The minimum Gasteiger partial charge on any atom is -0.240 e. The molecule has 0 bridgehead atoms. The molecule has 0 spiro atoms. The van der Waals surface area contributed by atoms with Crippen molar-refractivity contribution in [3.8, 4) is 0 Å². The van der Waals surface area contributed by atoms with Crippen molar-refractivity contribution < 1.29 is 0 Å². The van der Waals surface area contributed by atoms with Gasteiger partial charge in [-0.1, -0.05) is 6.92 Å². The van der Waals surface area contributed by atoms with Gasteiger partial charge in [0.05, 0.1) is 0 Å². The van der Waals surface area contributed by atoms with Crippen LogP contribution in [0.4, 0.5) is 0 Å². The molecule has 9 heavy (non-hydrogen) atoms. The number of hydrogen-bond acceptors (Lipinski definition) is 3. The van der Waals surface area contributed by atoms with Crippen LogP contribution in [0.3, 0.4) is 0 Å². The summed E-state index contributed by atoms with van der Waals surface area (Å²) in [7, 11) is 2.15. The summed E-state index contributed by atoms with van der Waals surface area (Å²) in [5.41, 5.74) is 0. The van der Waals surface area contributed by atoms with Crippen molar-refractivity contribution in [1.29, 1.82) is 0 Å². The van der Waals surface area contributed by atoms with E-state index in [9.17, 15) is 0 Å². The van der Waals surface area contributed by atoms with Crippen molar-refractivity contribution >= 4 is 12.1 Å². The third-order valence-corrected chi connectivity index (χ3v) is 2.62. The van der Waals surface area contributed by atoms with Crippen LogP contribution >= 0.6 is 12.1 Å². The predicted octanol–water partition coefficient (Wildman–Crippen LogP) is 1.21. The van der Waals surface area contributed by atoms with Gasteiger partial charge in [-0.2, -0.15) is 0 Å². The lowest BCUT2D eigenvalue weighted by Gasteiger charge is -2.30. The summed E-state index contributed by atoms with van der Waals surface area (Å²) in [4.78, 5) is 0. The smallest absolute Gasteiger partial charge is 0.0114 e. The Bertz CT molecular complexity index is 87.1. The molecule has 1 aliphatic rings. The lowest BCUT2D eigenvalue weighted by molar-refractivity contribution is 0.383. The Morgan fingerprint density at radius 1 is 1.44 bits per heavy atom. The molecular weight excluding hydrogens is 132 g/mol. The van der Waals surface area contributed by atoms with Gasteiger partial charge in [-0.3, -0.25) is 0 Å². The molecule has 1 aliphatic heterocycles.